The summed E-state index contributed by atoms with van der Waals surface area (Å²) in [6.07, 6.45) is 3.49. The molecule has 0 saturated carbocycles. The van der Waals surface area contributed by atoms with Crippen LogP contribution in [0.1, 0.15) is 34.3 Å². The first-order valence-corrected chi connectivity index (χ1v) is 9.26. The van der Waals surface area contributed by atoms with E-state index in [2.05, 4.69) is 10.1 Å². The van der Waals surface area contributed by atoms with Crippen LogP contribution in [0.15, 0.2) is 76.6 Å². The average Bonchev–Trinajstić information content (AvgIpc) is 3.43. The molecule has 0 aliphatic carbocycles. The molecule has 0 N–H and O–H groups in total. The lowest BCUT2D eigenvalue weighted by molar-refractivity contribution is -0.136. The summed E-state index contributed by atoms with van der Waals surface area (Å²) in [4.78, 5) is 28.8. The second kappa shape index (κ2) is 8.28. The number of hydrogen-bond acceptors (Lipinski definition) is 6. The number of carbonyl (C=O) groups is 2. The van der Waals surface area contributed by atoms with Crippen LogP contribution in [-0.2, 0) is 9.53 Å². The maximum atomic E-state index is 12.8. The van der Waals surface area contributed by atoms with Gasteiger partial charge in [-0.1, -0.05) is 29.8 Å². The van der Waals surface area contributed by atoms with Gasteiger partial charge >= 0.3 is 5.97 Å². The molecule has 4 rings (SSSR count). The van der Waals surface area contributed by atoms with E-state index >= 15 is 0 Å². The van der Waals surface area contributed by atoms with Crippen molar-refractivity contribution in [2.24, 2.45) is 5.10 Å². The van der Waals surface area contributed by atoms with Crippen LogP contribution < -0.4 is 0 Å². The number of aromatic nitrogens is 1. The molecule has 0 fully saturated rings. The Morgan fingerprint density at radius 3 is 2.66 bits per heavy atom. The van der Waals surface area contributed by atoms with E-state index < -0.39 is 24.5 Å². The fraction of sp³-hybridized carbons (Fsp3) is 0.143. The highest BCUT2D eigenvalue weighted by Crippen LogP contribution is 2.33. The Kier molecular flexibility index (Phi) is 5.39. The Balaban J connectivity index is 1.52. The number of esters is 1. The van der Waals surface area contributed by atoms with Gasteiger partial charge < -0.3 is 9.15 Å². The van der Waals surface area contributed by atoms with Crippen LogP contribution >= 0.6 is 11.6 Å². The van der Waals surface area contributed by atoms with Crippen molar-refractivity contribution in [2.45, 2.75) is 12.5 Å². The van der Waals surface area contributed by atoms with Crippen molar-refractivity contribution in [1.82, 2.24) is 9.99 Å². The number of pyridine rings is 1. The van der Waals surface area contributed by atoms with Crippen molar-refractivity contribution >= 4 is 29.2 Å². The minimum absolute atomic E-state index is 0.134. The molecule has 7 nitrogen and oxygen atoms in total. The number of nitrogens with zero attached hydrogens (tertiary/aromatic N) is 3. The highest BCUT2D eigenvalue weighted by Gasteiger charge is 2.35. The van der Waals surface area contributed by atoms with Gasteiger partial charge in [-0.25, -0.2) is 14.8 Å². The van der Waals surface area contributed by atoms with Crippen molar-refractivity contribution in [3.63, 3.8) is 0 Å². The molecule has 0 saturated heterocycles. The lowest BCUT2D eigenvalue weighted by Gasteiger charge is -2.19. The second-order valence-electron chi connectivity index (χ2n) is 6.32. The topological polar surface area (TPSA) is 85.0 Å². The number of ether oxygens (including phenoxy) is 1. The first kappa shape index (κ1) is 18.9. The molecule has 2 aromatic heterocycles. The molecule has 1 amide bonds. The zero-order valence-corrected chi connectivity index (χ0v) is 16.0. The third-order valence-electron chi connectivity index (χ3n) is 4.42. The normalized spacial score (nSPS) is 15.8. The van der Waals surface area contributed by atoms with Gasteiger partial charge in [-0.05, 0) is 42.0 Å². The summed E-state index contributed by atoms with van der Waals surface area (Å²) in [5, 5.41) is 6.38. The molecule has 0 bridgehead atoms. The maximum Gasteiger partial charge on any atom is 0.357 e. The fourth-order valence-electron chi connectivity index (χ4n) is 3.01. The number of carbonyl (C=O) groups excluding carboxylic acids is 2. The third-order valence-corrected chi connectivity index (χ3v) is 4.67. The molecule has 3 aromatic rings. The van der Waals surface area contributed by atoms with E-state index in [4.69, 9.17) is 20.8 Å². The highest BCUT2D eigenvalue weighted by atomic mass is 35.5. The summed E-state index contributed by atoms with van der Waals surface area (Å²) >= 11 is 5.96. The van der Waals surface area contributed by atoms with E-state index in [0.717, 1.165) is 5.56 Å². The van der Waals surface area contributed by atoms with Gasteiger partial charge in [-0.15, -0.1) is 0 Å². The number of rotatable bonds is 5. The van der Waals surface area contributed by atoms with E-state index in [1.165, 1.54) is 17.3 Å². The largest absolute Gasteiger partial charge is 0.467 e. The molecule has 3 heterocycles. The van der Waals surface area contributed by atoms with Gasteiger partial charge in [-0.2, -0.15) is 5.10 Å². The first-order chi connectivity index (χ1) is 14.1. The lowest BCUT2D eigenvalue weighted by Crippen LogP contribution is -2.31. The van der Waals surface area contributed by atoms with Gasteiger partial charge in [0.15, 0.2) is 6.61 Å². The van der Waals surface area contributed by atoms with Crippen LogP contribution in [0.25, 0.3) is 0 Å². The quantitative estimate of drug-likeness (QED) is 0.597. The molecule has 0 spiro atoms. The number of hydrogen-bond donors (Lipinski definition) is 0. The molecular formula is C21H16ClN3O4. The number of halogens is 1. The summed E-state index contributed by atoms with van der Waals surface area (Å²) in [7, 11) is 0. The van der Waals surface area contributed by atoms with Gasteiger partial charge in [0, 0.05) is 17.6 Å². The molecule has 1 aliphatic rings. The van der Waals surface area contributed by atoms with Gasteiger partial charge in [0.2, 0.25) is 0 Å². The molecule has 0 radical (unpaired) electrons. The minimum atomic E-state index is -0.672. The van der Waals surface area contributed by atoms with Gasteiger partial charge in [0.05, 0.1) is 12.0 Å². The predicted octanol–water partition coefficient (Wildman–Crippen LogP) is 3.86. The summed E-state index contributed by atoms with van der Waals surface area (Å²) in [6, 6.07) is 15.2. The van der Waals surface area contributed by atoms with E-state index in [1.54, 1.807) is 42.7 Å². The van der Waals surface area contributed by atoms with Crippen molar-refractivity contribution in [1.29, 1.82) is 0 Å². The van der Waals surface area contributed by atoms with Crippen LogP contribution in [-0.4, -0.2) is 34.2 Å². The van der Waals surface area contributed by atoms with Crippen LogP contribution in [0.4, 0.5) is 0 Å². The predicted molar refractivity (Wildman–Crippen MR) is 105 cm³/mol. The minimum Gasteiger partial charge on any atom is -0.467 e. The number of benzene rings is 1. The number of furan rings is 1. The Morgan fingerprint density at radius 2 is 1.97 bits per heavy atom. The maximum absolute atomic E-state index is 12.8. The second-order valence-corrected chi connectivity index (χ2v) is 6.75. The molecule has 146 valence electrons. The Morgan fingerprint density at radius 1 is 1.14 bits per heavy atom. The molecule has 29 heavy (non-hydrogen) atoms. The fourth-order valence-corrected chi connectivity index (χ4v) is 3.14. The van der Waals surface area contributed by atoms with Gasteiger partial charge in [0.1, 0.15) is 17.5 Å². The Bertz CT molecular complexity index is 1030. The van der Waals surface area contributed by atoms with Crippen molar-refractivity contribution in [3.8, 4) is 0 Å². The van der Waals surface area contributed by atoms with E-state index in [-0.39, 0.29) is 5.69 Å². The number of hydrazone groups is 1. The molecule has 0 unspecified atom stereocenters. The smallest absolute Gasteiger partial charge is 0.357 e. The number of amides is 1. The van der Waals surface area contributed by atoms with E-state index in [0.29, 0.717) is 22.9 Å². The molecule has 1 atom stereocenters. The van der Waals surface area contributed by atoms with Gasteiger partial charge in [-0.3, -0.25) is 4.79 Å². The van der Waals surface area contributed by atoms with Crippen LogP contribution in [0, 0.1) is 0 Å². The Hall–Kier alpha value is -3.45. The third kappa shape index (κ3) is 4.20. The average molecular weight is 410 g/mol. The van der Waals surface area contributed by atoms with Crippen molar-refractivity contribution in [2.75, 3.05) is 6.61 Å². The van der Waals surface area contributed by atoms with Crippen LogP contribution in [0.3, 0.4) is 0 Å². The summed E-state index contributed by atoms with van der Waals surface area (Å²) in [5.41, 5.74) is 1.70. The molecule has 1 aromatic carbocycles. The standard InChI is InChI=1S/C21H16ClN3O4/c22-15-8-6-14(7-9-15)17-12-18(19-5-3-11-28-19)25(24-17)20(26)13-29-21(27)16-4-1-2-10-23-16/h1-11,18H,12-13H2/t18-/m1/s1. The lowest BCUT2D eigenvalue weighted by atomic mass is 10.0. The van der Waals surface area contributed by atoms with Crippen LogP contribution in [0.5, 0.6) is 0 Å². The summed E-state index contributed by atoms with van der Waals surface area (Å²) < 4.78 is 10.6. The van der Waals surface area contributed by atoms with Crippen molar-refractivity contribution in [3.05, 3.63) is 89.1 Å². The monoisotopic (exact) mass is 409 g/mol. The zero-order chi connectivity index (χ0) is 20.2. The summed E-state index contributed by atoms with van der Waals surface area (Å²) in [6.45, 7) is -0.454. The Labute approximate surface area is 171 Å². The molecule has 1 aliphatic heterocycles. The SMILES string of the molecule is O=C(OCC(=O)N1N=C(c2ccc(Cl)cc2)C[C@@H]1c1ccco1)c1ccccn1. The molecular weight excluding hydrogens is 394 g/mol. The van der Waals surface area contributed by atoms with Gasteiger partial charge in [0.25, 0.3) is 5.91 Å². The first-order valence-electron chi connectivity index (χ1n) is 8.89. The zero-order valence-electron chi connectivity index (χ0n) is 15.2. The van der Waals surface area contributed by atoms with E-state index in [1.807, 2.05) is 12.1 Å². The van der Waals surface area contributed by atoms with Crippen molar-refractivity contribution < 1.29 is 18.7 Å². The van der Waals surface area contributed by atoms with E-state index in [9.17, 15) is 9.59 Å². The highest BCUT2D eigenvalue weighted by molar-refractivity contribution is 6.30. The van der Waals surface area contributed by atoms with Crippen LogP contribution in [0.2, 0.25) is 5.02 Å². The molecule has 8 heteroatoms. The summed E-state index contributed by atoms with van der Waals surface area (Å²) in [5.74, 6) is -0.531.